The number of anilines is 1. The summed E-state index contributed by atoms with van der Waals surface area (Å²) in [5.74, 6) is -0.0957. The van der Waals surface area contributed by atoms with Crippen molar-refractivity contribution in [2.24, 2.45) is 0 Å². The summed E-state index contributed by atoms with van der Waals surface area (Å²) in [6.45, 7) is 0. The molecule has 5 nitrogen and oxygen atoms in total. The highest BCUT2D eigenvalue weighted by molar-refractivity contribution is 7.98. The number of nitrogens with one attached hydrogen (secondary N) is 1. The Morgan fingerprint density at radius 2 is 1.55 bits per heavy atom. The molecule has 1 aliphatic rings. The SMILES string of the molecule is CSc1ccc(S(=O)(=O)N(C)c2ccc(C(=O)NC3CCCCCC3)cc2)cc1. The molecular formula is C22H28N2O3S2. The summed E-state index contributed by atoms with van der Waals surface area (Å²) in [5, 5.41) is 3.12. The van der Waals surface area contributed by atoms with Crippen LogP contribution in [0.3, 0.4) is 0 Å². The minimum Gasteiger partial charge on any atom is -0.349 e. The first-order chi connectivity index (χ1) is 13.9. The maximum absolute atomic E-state index is 12.9. The first-order valence-electron chi connectivity index (χ1n) is 9.96. The second-order valence-corrected chi connectivity index (χ2v) is 10.2. The molecule has 29 heavy (non-hydrogen) atoms. The first-order valence-corrected chi connectivity index (χ1v) is 12.6. The van der Waals surface area contributed by atoms with E-state index in [0.717, 1.165) is 30.6 Å². The van der Waals surface area contributed by atoms with Gasteiger partial charge in [0.15, 0.2) is 0 Å². The zero-order chi connectivity index (χ0) is 20.9. The molecule has 0 heterocycles. The fraction of sp³-hybridized carbons (Fsp3) is 0.409. The van der Waals surface area contributed by atoms with E-state index in [-0.39, 0.29) is 16.8 Å². The van der Waals surface area contributed by atoms with Crippen molar-refractivity contribution in [1.29, 1.82) is 0 Å². The van der Waals surface area contributed by atoms with E-state index in [1.807, 2.05) is 6.26 Å². The van der Waals surface area contributed by atoms with Crippen LogP contribution < -0.4 is 9.62 Å². The lowest BCUT2D eigenvalue weighted by molar-refractivity contribution is 0.0933. The van der Waals surface area contributed by atoms with E-state index in [9.17, 15) is 13.2 Å². The number of rotatable bonds is 6. The minimum atomic E-state index is -3.65. The fourth-order valence-corrected chi connectivity index (χ4v) is 5.16. The standard InChI is InChI=1S/C22H28N2O3S2/c1-24(29(26,27)21-15-13-20(28-2)14-16-21)19-11-9-17(10-12-19)22(25)23-18-7-5-3-4-6-8-18/h9-16,18H,3-8H2,1-2H3,(H,23,25). The monoisotopic (exact) mass is 432 g/mol. The van der Waals surface area contributed by atoms with E-state index >= 15 is 0 Å². The number of thioether (sulfide) groups is 1. The predicted octanol–water partition coefficient (Wildman–Crippen LogP) is 4.69. The van der Waals surface area contributed by atoms with Crippen LogP contribution in [0.4, 0.5) is 5.69 Å². The number of carbonyl (C=O) groups excluding carboxylic acids is 1. The molecule has 156 valence electrons. The lowest BCUT2D eigenvalue weighted by Gasteiger charge is -2.20. The van der Waals surface area contributed by atoms with E-state index in [4.69, 9.17) is 0 Å². The van der Waals surface area contributed by atoms with Gasteiger partial charge in [0.2, 0.25) is 0 Å². The van der Waals surface area contributed by atoms with Crippen molar-refractivity contribution < 1.29 is 13.2 Å². The van der Waals surface area contributed by atoms with E-state index < -0.39 is 10.0 Å². The Labute approximate surface area is 177 Å². The third kappa shape index (κ3) is 5.34. The highest BCUT2D eigenvalue weighted by atomic mass is 32.2. The molecule has 1 saturated carbocycles. The highest BCUT2D eigenvalue weighted by Gasteiger charge is 2.22. The smallest absolute Gasteiger partial charge is 0.264 e. The molecule has 0 saturated heterocycles. The van der Waals surface area contributed by atoms with E-state index in [1.54, 1.807) is 60.3 Å². The molecule has 1 amide bonds. The molecule has 0 bridgehead atoms. The second-order valence-electron chi connectivity index (χ2n) is 7.36. The van der Waals surface area contributed by atoms with Gasteiger partial charge in [0.05, 0.1) is 10.6 Å². The molecule has 1 fully saturated rings. The van der Waals surface area contributed by atoms with Crippen molar-refractivity contribution in [2.75, 3.05) is 17.6 Å². The van der Waals surface area contributed by atoms with Crippen molar-refractivity contribution in [3.8, 4) is 0 Å². The second kappa shape index (κ2) is 9.67. The maximum Gasteiger partial charge on any atom is 0.264 e. The largest absolute Gasteiger partial charge is 0.349 e. The molecule has 0 unspecified atom stereocenters. The average Bonchev–Trinajstić information content (AvgIpc) is 3.02. The molecule has 1 N–H and O–H groups in total. The molecule has 0 aliphatic heterocycles. The summed E-state index contributed by atoms with van der Waals surface area (Å²) in [6.07, 6.45) is 8.79. The molecule has 2 aromatic rings. The van der Waals surface area contributed by atoms with Crippen LogP contribution in [0.15, 0.2) is 58.3 Å². The normalized spacial score (nSPS) is 15.5. The Bertz CT molecular complexity index is 918. The Kier molecular flexibility index (Phi) is 7.24. The summed E-state index contributed by atoms with van der Waals surface area (Å²) < 4.78 is 27.0. The van der Waals surface area contributed by atoms with E-state index in [1.165, 1.54) is 24.2 Å². The minimum absolute atomic E-state index is 0.0957. The zero-order valence-corrected chi connectivity index (χ0v) is 18.6. The molecule has 0 radical (unpaired) electrons. The lowest BCUT2D eigenvalue weighted by Crippen LogP contribution is -2.34. The van der Waals surface area contributed by atoms with Crippen molar-refractivity contribution >= 4 is 33.4 Å². The molecule has 0 atom stereocenters. The highest BCUT2D eigenvalue weighted by Crippen LogP contribution is 2.25. The van der Waals surface area contributed by atoms with Gasteiger partial charge in [0.1, 0.15) is 0 Å². The van der Waals surface area contributed by atoms with E-state index in [2.05, 4.69) is 5.32 Å². The third-order valence-corrected chi connectivity index (χ3v) is 7.94. The molecule has 0 aromatic heterocycles. The van der Waals surface area contributed by atoms with Gasteiger partial charge in [-0.3, -0.25) is 9.10 Å². The van der Waals surface area contributed by atoms with Crippen molar-refractivity contribution in [2.45, 2.75) is 54.4 Å². The molecule has 7 heteroatoms. The molecular weight excluding hydrogens is 404 g/mol. The molecule has 1 aliphatic carbocycles. The van der Waals surface area contributed by atoms with Crippen LogP contribution in [0.2, 0.25) is 0 Å². The number of carbonyl (C=O) groups is 1. The summed E-state index contributed by atoms with van der Waals surface area (Å²) in [5.41, 5.74) is 1.07. The van der Waals surface area contributed by atoms with Crippen LogP contribution in [-0.2, 0) is 10.0 Å². The summed E-state index contributed by atoms with van der Waals surface area (Å²) in [7, 11) is -2.13. The van der Waals surface area contributed by atoms with Gasteiger partial charge in [-0.15, -0.1) is 11.8 Å². The van der Waals surface area contributed by atoms with Gasteiger partial charge in [-0.1, -0.05) is 25.7 Å². The number of amides is 1. The topological polar surface area (TPSA) is 66.5 Å². The number of benzene rings is 2. The first kappa shape index (κ1) is 21.7. The third-order valence-electron chi connectivity index (χ3n) is 5.40. The quantitative estimate of drug-likeness (QED) is 0.531. The van der Waals surface area contributed by atoms with Gasteiger partial charge >= 0.3 is 0 Å². The molecule has 2 aromatic carbocycles. The Morgan fingerprint density at radius 3 is 2.10 bits per heavy atom. The van der Waals surface area contributed by atoms with Crippen molar-refractivity contribution in [1.82, 2.24) is 5.32 Å². The van der Waals surface area contributed by atoms with Crippen LogP contribution in [0.25, 0.3) is 0 Å². The summed E-state index contributed by atoms with van der Waals surface area (Å²) >= 11 is 1.56. The van der Waals surface area contributed by atoms with E-state index in [0.29, 0.717) is 11.3 Å². The van der Waals surface area contributed by atoms with Crippen LogP contribution >= 0.6 is 11.8 Å². The zero-order valence-electron chi connectivity index (χ0n) is 16.9. The Hall–Kier alpha value is -1.99. The number of sulfonamides is 1. The number of hydrogen-bond acceptors (Lipinski definition) is 4. The van der Waals surface area contributed by atoms with Crippen LogP contribution in [0.5, 0.6) is 0 Å². The number of hydrogen-bond donors (Lipinski definition) is 1. The van der Waals surface area contributed by atoms with Gasteiger partial charge < -0.3 is 5.32 Å². The molecule has 3 rings (SSSR count). The van der Waals surface area contributed by atoms with Crippen molar-refractivity contribution in [3.05, 3.63) is 54.1 Å². The predicted molar refractivity (Wildman–Crippen MR) is 119 cm³/mol. The molecule has 0 spiro atoms. The Morgan fingerprint density at radius 1 is 0.966 bits per heavy atom. The van der Waals surface area contributed by atoms with Crippen LogP contribution in [0.1, 0.15) is 48.9 Å². The lowest BCUT2D eigenvalue weighted by atomic mass is 10.1. The van der Waals surface area contributed by atoms with Crippen LogP contribution in [0, 0.1) is 0 Å². The summed E-state index contributed by atoms with van der Waals surface area (Å²) in [6, 6.07) is 13.8. The van der Waals surface area contributed by atoms with Gasteiger partial charge in [-0.05, 0) is 67.6 Å². The maximum atomic E-state index is 12.9. The average molecular weight is 433 g/mol. The van der Waals surface area contributed by atoms with Gasteiger partial charge in [-0.25, -0.2) is 8.42 Å². The van der Waals surface area contributed by atoms with Crippen molar-refractivity contribution in [3.63, 3.8) is 0 Å². The Balaban J connectivity index is 1.70. The van der Waals surface area contributed by atoms with Crippen LogP contribution in [-0.4, -0.2) is 33.7 Å². The fourth-order valence-electron chi connectivity index (χ4n) is 3.56. The number of nitrogens with zero attached hydrogens (tertiary/aromatic N) is 1. The van der Waals surface area contributed by atoms with Gasteiger partial charge in [0.25, 0.3) is 15.9 Å². The van der Waals surface area contributed by atoms with Gasteiger partial charge in [0, 0.05) is 23.5 Å². The summed E-state index contributed by atoms with van der Waals surface area (Å²) in [4.78, 5) is 13.8. The van der Waals surface area contributed by atoms with Gasteiger partial charge in [-0.2, -0.15) is 0 Å².